The van der Waals surface area contributed by atoms with Gasteiger partial charge in [-0.15, -0.1) is 0 Å². The molecule has 0 aliphatic carbocycles. The van der Waals surface area contributed by atoms with Crippen LogP contribution in [0.15, 0.2) is 41.5 Å². The molecule has 0 aliphatic heterocycles. The summed E-state index contributed by atoms with van der Waals surface area (Å²) in [5.41, 5.74) is 2.61. The zero-order valence-corrected chi connectivity index (χ0v) is 9.50. The number of halogens is 4. The molecule has 0 aliphatic rings. The number of hydrazone groups is 1. The lowest BCUT2D eigenvalue weighted by Crippen LogP contribution is -1.95. The van der Waals surface area contributed by atoms with Gasteiger partial charge in [0.1, 0.15) is 5.82 Å². The van der Waals surface area contributed by atoms with Crippen LogP contribution in [0, 0.1) is 23.3 Å². The second-order valence-corrected chi connectivity index (χ2v) is 3.67. The molecular formula is C13H8F4N2. The summed E-state index contributed by atoms with van der Waals surface area (Å²) in [4.78, 5) is 0. The van der Waals surface area contributed by atoms with Crippen molar-refractivity contribution in [2.24, 2.45) is 5.10 Å². The highest BCUT2D eigenvalue weighted by Gasteiger charge is 2.02. The lowest BCUT2D eigenvalue weighted by molar-refractivity contribution is 0.508. The average Bonchev–Trinajstić information content (AvgIpc) is 2.36. The van der Waals surface area contributed by atoms with Gasteiger partial charge in [-0.3, -0.25) is 5.43 Å². The highest BCUT2D eigenvalue weighted by molar-refractivity contribution is 5.80. The van der Waals surface area contributed by atoms with Crippen LogP contribution in [-0.4, -0.2) is 6.21 Å². The van der Waals surface area contributed by atoms with Gasteiger partial charge in [-0.1, -0.05) is 6.07 Å². The molecule has 0 saturated heterocycles. The van der Waals surface area contributed by atoms with Gasteiger partial charge in [0.25, 0.3) is 0 Å². The molecule has 0 bridgehead atoms. The van der Waals surface area contributed by atoms with Crippen molar-refractivity contribution < 1.29 is 17.6 Å². The van der Waals surface area contributed by atoms with E-state index >= 15 is 0 Å². The molecule has 0 heterocycles. The minimum absolute atomic E-state index is 0.0276. The minimum Gasteiger partial charge on any atom is -0.276 e. The number of hydrogen-bond acceptors (Lipinski definition) is 2. The molecule has 0 fully saturated rings. The topological polar surface area (TPSA) is 24.4 Å². The van der Waals surface area contributed by atoms with Gasteiger partial charge in [0.15, 0.2) is 17.5 Å². The Morgan fingerprint density at radius 2 is 1.63 bits per heavy atom. The molecule has 0 spiro atoms. The Kier molecular flexibility index (Phi) is 3.79. The molecule has 0 atom stereocenters. The second-order valence-electron chi connectivity index (χ2n) is 3.67. The summed E-state index contributed by atoms with van der Waals surface area (Å²) in [5.74, 6) is -3.47. The molecule has 0 unspecified atom stereocenters. The van der Waals surface area contributed by atoms with Gasteiger partial charge in [-0.05, 0) is 29.8 Å². The van der Waals surface area contributed by atoms with Crippen molar-refractivity contribution in [1.29, 1.82) is 0 Å². The summed E-state index contributed by atoms with van der Waals surface area (Å²) in [6, 6.07) is 6.16. The van der Waals surface area contributed by atoms with Crippen LogP contribution in [-0.2, 0) is 0 Å². The van der Waals surface area contributed by atoms with Crippen molar-refractivity contribution in [2.75, 3.05) is 5.43 Å². The van der Waals surface area contributed by atoms with Crippen molar-refractivity contribution in [1.82, 2.24) is 0 Å². The van der Waals surface area contributed by atoms with Crippen LogP contribution in [0.1, 0.15) is 5.56 Å². The van der Waals surface area contributed by atoms with Gasteiger partial charge < -0.3 is 0 Å². The zero-order chi connectivity index (χ0) is 13.8. The summed E-state index contributed by atoms with van der Waals surface area (Å²) in [6.45, 7) is 0. The third kappa shape index (κ3) is 3.31. The minimum atomic E-state index is -1.00. The summed E-state index contributed by atoms with van der Waals surface area (Å²) in [7, 11) is 0. The van der Waals surface area contributed by atoms with E-state index < -0.39 is 23.3 Å². The van der Waals surface area contributed by atoms with Crippen LogP contribution in [0.25, 0.3) is 0 Å². The first kappa shape index (κ1) is 13.1. The maximum absolute atomic E-state index is 13.2. The van der Waals surface area contributed by atoms with Crippen molar-refractivity contribution in [3.63, 3.8) is 0 Å². The van der Waals surface area contributed by atoms with E-state index in [1.54, 1.807) is 0 Å². The largest absolute Gasteiger partial charge is 0.276 e. The van der Waals surface area contributed by atoms with Crippen molar-refractivity contribution in [3.8, 4) is 0 Å². The van der Waals surface area contributed by atoms with Crippen LogP contribution in [0.2, 0.25) is 0 Å². The quantitative estimate of drug-likeness (QED) is 0.512. The molecule has 0 radical (unpaired) electrons. The molecule has 2 rings (SSSR count). The van der Waals surface area contributed by atoms with E-state index in [0.29, 0.717) is 11.6 Å². The Morgan fingerprint density at radius 1 is 0.842 bits per heavy atom. The lowest BCUT2D eigenvalue weighted by Gasteiger charge is -2.01. The van der Waals surface area contributed by atoms with Crippen molar-refractivity contribution in [2.45, 2.75) is 0 Å². The first-order valence-corrected chi connectivity index (χ1v) is 5.25. The van der Waals surface area contributed by atoms with Crippen LogP contribution < -0.4 is 5.43 Å². The van der Waals surface area contributed by atoms with Gasteiger partial charge in [0.2, 0.25) is 0 Å². The van der Waals surface area contributed by atoms with Crippen molar-refractivity contribution >= 4 is 11.9 Å². The molecule has 19 heavy (non-hydrogen) atoms. The predicted molar refractivity (Wildman–Crippen MR) is 63.9 cm³/mol. The molecule has 2 nitrogen and oxygen atoms in total. The fourth-order valence-corrected chi connectivity index (χ4v) is 1.35. The highest BCUT2D eigenvalue weighted by atomic mass is 19.2. The van der Waals surface area contributed by atoms with Crippen LogP contribution >= 0.6 is 0 Å². The fraction of sp³-hybridized carbons (Fsp3) is 0. The highest BCUT2D eigenvalue weighted by Crippen LogP contribution is 2.14. The number of hydrogen-bond donors (Lipinski definition) is 1. The Hall–Kier alpha value is -2.37. The summed E-state index contributed by atoms with van der Waals surface area (Å²) < 4.78 is 51.4. The van der Waals surface area contributed by atoms with Crippen molar-refractivity contribution in [3.05, 3.63) is 65.2 Å². The van der Waals surface area contributed by atoms with Gasteiger partial charge >= 0.3 is 0 Å². The fourth-order valence-electron chi connectivity index (χ4n) is 1.35. The van der Waals surface area contributed by atoms with Gasteiger partial charge in [0.05, 0.1) is 11.9 Å². The van der Waals surface area contributed by atoms with Gasteiger partial charge in [-0.25, -0.2) is 17.6 Å². The average molecular weight is 268 g/mol. The van der Waals surface area contributed by atoms with Gasteiger partial charge in [-0.2, -0.15) is 5.10 Å². The number of anilines is 1. The lowest BCUT2D eigenvalue weighted by atomic mass is 10.2. The molecule has 0 aromatic heterocycles. The molecule has 0 saturated carbocycles. The number of benzene rings is 2. The Morgan fingerprint density at radius 3 is 2.32 bits per heavy atom. The molecule has 6 heteroatoms. The SMILES string of the molecule is Fc1ccc(N/N=C/c2ccc(F)c(F)c2)c(F)c1. The van der Waals surface area contributed by atoms with E-state index in [2.05, 4.69) is 10.5 Å². The van der Waals surface area contributed by atoms with Crippen LogP contribution in [0.4, 0.5) is 23.2 Å². The molecular weight excluding hydrogens is 260 g/mol. The first-order valence-electron chi connectivity index (χ1n) is 5.25. The Bertz CT molecular complexity index is 626. The number of nitrogens with one attached hydrogen (secondary N) is 1. The molecule has 0 amide bonds. The van der Waals surface area contributed by atoms with E-state index in [4.69, 9.17) is 0 Å². The van der Waals surface area contributed by atoms with E-state index in [1.165, 1.54) is 18.3 Å². The summed E-state index contributed by atoms with van der Waals surface area (Å²) in [5, 5.41) is 3.65. The third-order valence-corrected chi connectivity index (χ3v) is 2.27. The maximum atomic E-state index is 13.2. The van der Waals surface area contributed by atoms with E-state index in [1.807, 2.05) is 0 Å². The number of nitrogens with zero attached hydrogens (tertiary/aromatic N) is 1. The maximum Gasteiger partial charge on any atom is 0.159 e. The molecule has 2 aromatic carbocycles. The Balaban J connectivity index is 2.09. The number of rotatable bonds is 3. The predicted octanol–water partition coefficient (Wildman–Crippen LogP) is 3.69. The molecule has 98 valence electrons. The monoisotopic (exact) mass is 268 g/mol. The summed E-state index contributed by atoms with van der Waals surface area (Å²) >= 11 is 0. The smallest absolute Gasteiger partial charge is 0.159 e. The van der Waals surface area contributed by atoms with Crippen LogP contribution in [0.3, 0.4) is 0 Å². The second kappa shape index (κ2) is 5.51. The van der Waals surface area contributed by atoms with E-state index in [-0.39, 0.29) is 5.69 Å². The van der Waals surface area contributed by atoms with E-state index in [0.717, 1.165) is 18.2 Å². The first-order chi connectivity index (χ1) is 9.06. The van der Waals surface area contributed by atoms with Crippen LogP contribution in [0.5, 0.6) is 0 Å². The molecule has 1 N–H and O–H groups in total. The van der Waals surface area contributed by atoms with E-state index in [9.17, 15) is 17.6 Å². The zero-order valence-electron chi connectivity index (χ0n) is 9.50. The normalized spacial score (nSPS) is 10.9. The van der Waals surface area contributed by atoms with Gasteiger partial charge in [0, 0.05) is 6.07 Å². The third-order valence-electron chi connectivity index (χ3n) is 2.27. The standard InChI is InChI=1S/C13H8F4N2/c14-9-2-4-13(12(17)6-9)19-18-7-8-1-3-10(15)11(16)5-8/h1-7,19H/b18-7+. The summed E-state index contributed by atoms with van der Waals surface area (Å²) in [6.07, 6.45) is 1.19. The molecule has 2 aromatic rings. The Labute approximate surface area is 106 Å².